The molecule has 1 aromatic heterocycles. The zero-order valence-corrected chi connectivity index (χ0v) is 13.1. The van der Waals surface area contributed by atoms with E-state index in [0.717, 1.165) is 5.82 Å². The summed E-state index contributed by atoms with van der Waals surface area (Å²) in [6.45, 7) is 6.61. The molecule has 1 aromatic rings. The highest BCUT2D eigenvalue weighted by Crippen LogP contribution is 2.16. The summed E-state index contributed by atoms with van der Waals surface area (Å²) in [5.74, 6) is 0.631. The smallest absolute Gasteiger partial charge is 0.325 e. The molecule has 0 spiro atoms. The summed E-state index contributed by atoms with van der Waals surface area (Å²) in [6.07, 6.45) is 4.23. The summed E-state index contributed by atoms with van der Waals surface area (Å²) >= 11 is 0. The monoisotopic (exact) mass is 282 g/mol. The van der Waals surface area contributed by atoms with Crippen molar-refractivity contribution in [1.29, 1.82) is 0 Å². The zero-order valence-electron chi connectivity index (χ0n) is 13.1. The van der Waals surface area contributed by atoms with Gasteiger partial charge < -0.3 is 15.0 Å². The van der Waals surface area contributed by atoms with Crippen LogP contribution in [0.5, 0.6) is 0 Å². The minimum atomic E-state index is -0.967. The number of aromatic nitrogens is 2. The molecule has 0 saturated carbocycles. The van der Waals surface area contributed by atoms with Gasteiger partial charge in [0.25, 0.3) is 0 Å². The predicted molar refractivity (Wildman–Crippen MR) is 78.0 cm³/mol. The van der Waals surface area contributed by atoms with Crippen LogP contribution in [-0.4, -0.2) is 45.7 Å². The van der Waals surface area contributed by atoms with Crippen LogP contribution in [-0.2, 0) is 23.1 Å². The van der Waals surface area contributed by atoms with Crippen LogP contribution in [0, 0.1) is 0 Å². The van der Waals surface area contributed by atoms with Crippen molar-refractivity contribution in [2.24, 2.45) is 12.8 Å². The Hall–Kier alpha value is -1.40. The SMILES string of the molecule is CCOC(=O)C(C)(N)CC(C)N(C)Cc1nccn1C. The Morgan fingerprint density at radius 2 is 2.30 bits per heavy atom. The molecule has 0 aliphatic rings. The Balaban J connectivity index is 2.59. The number of ether oxygens (including phenoxy) is 1. The van der Waals surface area contributed by atoms with Crippen molar-refractivity contribution in [3.8, 4) is 0 Å². The van der Waals surface area contributed by atoms with Crippen LogP contribution in [0.2, 0.25) is 0 Å². The van der Waals surface area contributed by atoms with Crippen molar-refractivity contribution in [3.63, 3.8) is 0 Å². The first-order chi connectivity index (χ1) is 9.27. The van der Waals surface area contributed by atoms with Gasteiger partial charge in [-0.15, -0.1) is 0 Å². The van der Waals surface area contributed by atoms with Crippen LogP contribution in [0.4, 0.5) is 0 Å². The van der Waals surface area contributed by atoms with Crippen LogP contribution in [0.25, 0.3) is 0 Å². The minimum absolute atomic E-state index is 0.145. The van der Waals surface area contributed by atoms with Gasteiger partial charge in [0.1, 0.15) is 11.4 Å². The van der Waals surface area contributed by atoms with Gasteiger partial charge in [-0.2, -0.15) is 0 Å². The molecule has 0 aliphatic heterocycles. The molecule has 0 fully saturated rings. The molecule has 114 valence electrons. The quantitative estimate of drug-likeness (QED) is 0.753. The Kier molecular flexibility index (Phi) is 5.71. The van der Waals surface area contributed by atoms with E-state index in [-0.39, 0.29) is 12.0 Å². The lowest BCUT2D eigenvalue weighted by Crippen LogP contribution is -2.50. The Morgan fingerprint density at radius 1 is 1.65 bits per heavy atom. The fraction of sp³-hybridized carbons (Fsp3) is 0.714. The number of aryl methyl sites for hydroxylation is 1. The van der Waals surface area contributed by atoms with Gasteiger partial charge in [0.2, 0.25) is 0 Å². The predicted octanol–water partition coefficient (Wildman–Crippen LogP) is 0.911. The summed E-state index contributed by atoms with van der Waals surface area (Å²) in [6, 6.07) is 0.145. The van der Waals surface area contributed by atoms with Gasteiger partial charge in [-0.25, -0.2) is 4.98 Å². The number of nitrogens with two attached hydrogens (primary N) is 1. The average molecular weight is 282 g/mol. The van der Waals surface area contributed by atoms with Gasteiger partial charge in [-0.05, 0) is 34.2 Å². The van der Waals surface area contributed by atoms with E-state index < -0.39 is 5.54 Å². The summed E-state index contributed by atoms with van der Waals surface area (Å²) in [7, 11) is 3.97. The van der Waals surface area contributed by atoms with Crippen molar-refractivity contribution in [1.82, 2.24) is 14.5 Å². The van der Waals surface area contributed by atoms with Crippen molar-refractivity contribution in [2.45, 2.75) is 45.3 Å². The summed E-state index contributed by atoms with van der Waals surface area (Å²) in [4.78, 5) is 18.2. The number of rotatable bonds is 7. The lowest BCUT2D eigenvalue weighted by molar-refractivity contribution is -0.149. The third-order valence-electron chi connectivity index (χ3n) is 3.53. The fourth-order valence-corrected chi connectivity index (χ4v) is 2.08. The number of hydrogen-bond acceptors (Lipinski definition) is 5. The Labute approximate surface area is 120 Å². The van der Waals surface area contributed by atoms with E-state index in [9.17, 15) is 4.79 Å². The van der Waals surface area contributed by atoms with Gasteiger partial charge in [0, 0.05) is 25.5 Å². The van der Waals surface area contributed by atoms with Crippen molar-refractivity contribution in [2.75, 3.05) is 13.7 Å². The van der Waals surface area contributed by atoms with Crippen molar-refractivity contribution >= 4 is 5.97 Å². The summed E-state index contributed by atoms with van der Waals surface area (Å²) < 4.78 is 7.00. The molecule has 6 heteroatoms. The van der Waals surface area contributed by atoms with Gasteiger partial charge in [0.15, 0.2) is 0 Å². The van der Waals surface area contributed by atoms with Crippen LogP contribution < -0.4 is 5.73 Å². The maximum atomic E-state index is 11.8. The molecular formula is C14H26N4O2. The highest BCUT2D eigenvalue weighted by atomic mass is 16.5. The Morgan fingerprint density at radius 3 is 2.80 bits per heavy atom. The lowest BCUT2D eigenvalue weighted by atomic mass is 9.94. The van der Waals surface area contributed by atoms with E-state index in [2.05, 4.69) is 9.88 Å². The van der Waals surface area contributed by atoms with Crippen LogP contribution in [0.15, 0.2) is 12.4 Å². The second-order valence-corrected chi connectivity index (χ2v) is 5.56. The molecule has 0 saturated heterocycles. The van der Waals surface area contributed by atoms with E-state index in [1.165, 1.54) is 0 Å². The average Bonchev–Trinajstić information content (AvgIpc) is 2.74. The maximum Gasteiger partial charge on any atom is 0.325 e. The molecule has 2 unspecified atom stereocenters. The van der Waals surface area contributed by atoms with E-state index in [1.807, 2.05) is 31.8 Å². The van der Waals surface area contributed by atoms with Crippen molar-refractivity contribution < 1.29 is 9.53 Å². The normalized spacial score (nSPS) is 15.9. The van der Waals surface area contributed by atoms with Gasteiger partial charge in [-0.1, -0.05) is 0 Å². The number of hydrogen-bond donors (Lipinski definition) is 1. The van der Waals surface area contributed by atoms with E-state index in [1.54, 1.807) is 20.0 Å². The lowest BCUT2D eigenvalue weighted by Gasteiger charge is -2.31. The van der Waals surface area contributed by atoms with Crippen LogP contribution in [0.1, 0.15) is 33.0 Å². The number of carbonyl (C=O) groups excluding carboxylic acids is 1. The van der Waals surface area contributed by atoms with Gasteiger partial charge in [-0.3, -0.25) is 9.69 Å². The van der Waals surface area contributed by atoms with E-state index >= 15 is 0 Å². The molecule has 2 N–H and O–H groups in total. The molecule has 0 aliphatic carbocycles. The first-order valence-electron chi connectivity index (χ1n) is 6.90. The molecule has 0 aromatic carbocycles. The maximum absolute atomic E-state index is 11.8. The molecule has 1 heterocycles. The van der Waals surface area contributed by atoms with Crippen molar-refractivity contribution in [3.05, 3.63) is 18.2 Å². The molecule has 1 rings (SSSR count). The largest absolute Gasteiger partial charge is 0.465 e. The number of carbonyl (C=O) groups is 1. The third kappa shape index (κ3) is 4.31. The molecule has 0 bridgehead atoms. The molecule has 2 atom stereocenters. The summed E-state index contributed by atoms with van der Waals surface area (Å²) in [5.41, 5.74) is 5.10. The summed E-state index contributed by atoms with van der Waals surface area (Å²) in [5, 5.41) is 0. The number of esters is 1. The Bertz CT molecular complexity index is 442. The first-order valence-corrected chi connectivity index (χ1v) is 6.90. The van der Waals surface area contributed by atoms with Crippen LogP contribution in [0.3, 0.4) is 0 Å². The second kappa shape index (κ2) is 6.85. The molecular weight excluding hydrogens is 256 g/mol. The molecule has 20 heavy (non-hydrogen) atoms. The third-order valence-corrected chi connectivity index (χ3v) is 3.53. The minimum Gasteiger partial charge on any atom is -0.465 e. The van der Waals surface area contributed by atoms with Gasteiger partial charge >= 0.3 is 5.97 Å². The number of nitrogens with zero attached hydrogens (tertiary/aromatic N) is 3. The van der Waals surface area contributed by atoms with Gasteiger partial charge in [0.05, 0.1) is 13.2 Å². The molecule has 0 amide bonds. The van der Waals surface area contributed by atoms with E-state index in [4.69, 9.17) is 10.5 Å². The fourth-order valence-electron chi connectivity index (χ4n) is 2.08. The topological polar surface area (TPSA) is 73.4 Å². The first kappa shape index (κ1) is 16.7. The highest BCUT2D eigenvalue weighted by molar-refractivity contribution is 5.80. The zero-order chi connectivity index (χ0) is 15.3. The number of imidazole rings is 1. The molecule has 6 nitrogen and oxygen atoms in total. The second-order valence-electron chi connectivity index (χ2n) is 5.56. The molecule has 0 radical (unpaired) electrons. The van der Waals surface area contributed by atoms with E-state index in [0.29, 0.717) is 19.6 Å². The van der Waals surface area contributed by atoms with Crippen LogP contribution >= 0.6 is 0 Å². The highest BCUT2D eigenvalue weighted by Gasteiger charge is 2.33. The standard InChI is InChI=1S/C14H26N4O2/c1-6-20-13(19)14(3,15)9-11(2)18(5)10-12-16-7-8-17(12)4/h7-8,11H,6,9-10,15H2,1-5H3.